The van der Waals surface area contributed by atoms with Gasteiger partial charge in [0.2, 0.25) is 47.3 Å². The van der Waals surface area contributed by atoms with E-state index in [2.05, 4.69) is 47.2 Å². The molecule has 7 atom stereocenters. The number of carboxylic acid groups (broad SMARTS) is 3. The lowest BCUT2D eigenvalue weighted by molar-refractivity contribution is -0.147. The highest BCUT2D eigenvalue weighted by Gasteiger charge is 2.34. The Bertz CT molecular complexity index is 3090. The van der Waals surface area contributed by atoms with Crippen molar-refractivity contribution in [2.45, 2.75) is 113 Å². The summed E-state index contributed by atoms with van der Waals surface area (Å²) < 4.78 is 0. The van der Waals surface area contributed by atoms with Crippen molar-refractivity contribution >= 4 is 87.0 Å². The molecule has 0 saturated carbocycles. The Labute approximate surface area is 475 Å². The number of fused-ring (bicyclic) bond motifs is 2. The van der Waals surface area contributed by atoms with Gasteiger partial charge in [-0.3, -0.25) is 47.9 Å². The second-order valence-electron chi connectivity index (χ2n) is 19.6. The molecule has 3 aromatic carbocycles. The Hall–Kier alpha value is -9.41. The molecule has 0 aliphatic rings. The zero-order valence-corrected chi connectivity index (χ0v) is 45.2. The van der Waals surface area contributed by atoms with E-state index in [-0.39, 0.29) is 57.4 Å². The van der Waals surface area contributed by atoms with Crippen LogP contribution in [0.1, 0.15) is 68.1 Å². The first kappa shape index (κ1) is 64.4. The first-order chi connectivity index (χ1) is 39.6. The number of hydrogen-bond donors (Lipinski definition) is 17. The van der Waals surface area contributed by atoms with Crippen LogP contribution in [0.2, 0.25) is 0 Å². The highest BCUT2D eigenvalue weighted by Crippen LogP contribution is 2.21. The van der Waals surface area contributed by atoms with Crippen LogP contribution in [0, 0.1) is 0 Å². The molecule has 0 bridgehead atoms. The van der Waals surface area contributed by atoms with Crippen LogP contribution >= 0.6 is 0 Å². The molecular formula is C55H71N13O15. The zero-order valence-electron chi connectivity index (χ0n) is 45.2. The maximum Gasteiger partial charge on any atom is 0.326 e. The smallest absolute Gasteiger partial charge is 0.326 e. The van der Waals surface area contributed by atoms with E-state index in [0.717, 1.165) is 16.5 Å². The number of hydrogen-bond acceptors (Lipinski definition) is 15. The van der Waals surface area contributed by atoms with Gasteiger partial charge in [0.25, 0.3) is 0 Å². The van der Waals surface area contributed by atoms with E-state index in [1.807, 2.05) is 29.6 Å². The number of aromatic nitrogens is 2. The van der Waals surface area contributed by atoms with Gasteiger partial charge in [0.1, 0.15) is 42.0 Å². The van der Waals surface area contributed by atoms with E-state index in [1.54, 1.807) is 36.7 Å². The van der Waals surface area contributed by atoms with Crippen molar-refractivity contribution in [1.29, 1.82) is 0 Å². The summed E-state index contributed by atoms with van der Waals surface area (Å²) in [5.41, 5.74) is 21.1. The number of amides is 8. The minimum atomic E-state index is -1.89. The lowest BCUT2D eigenvalue weighted by Gasteiger charge is -2.27. The third-order valence-electron chi connectivity index (χ3n) is 13.2. The number of unbranched alkanes of at least 4 members (excludes halogenated alkanes) is 2. The van der Waals surface area contributed by atoms with Gasteiger partial charge in [-0.25, -0.2) is 4.79 Å². The number of aromatic hydroxyl groups is 1. The van der Waals surface area contributed by atoms with Crippen LogP contribution in [-0.4, -0.2) is 164 Å². The van der Waals surface area contributed by atoms with E-state index in [0.29, 0.717) is 41.3 Å². The van der Waals surface area contributed by atoms with Crippen LogP contribution in [0.15, 0.2) is 85.2 Å². The Kier molecular flexibility index (Phi) is 24.9. The number of aromatic amines is 2. The van der Waals surface area contributed by atoms with E-state index in [1.165, 1.54) is 24.3 Å². The predicted octanol–water partition coefficient (Wildman–Crippen LogP) is -1.86. The minimum absolute atomic E-state index is 0.0514. The number of benzene rings is 3. The molecule has 83 heavy (non-hydrogen) atoms. The number of aliphatic carboxylic acids is 3. The number of rotatable bonds is 35. The number of nitrogens with two attached hydrogens (primary N) is 3. The molecule has 0 aliphatic heterocycles. The third-order valence-corrected chi connectivity index (χ3v) is 13.2. The van der Waals surface area contributed by atoms with Crippen molar-refractivity contribution in [2.75, 3.05) is 26.2 Å². The van der Waals surface area contributed by atoms with Crippen molar-refractivity contribution in [3.63, 3.8) is 0 Å². The van der Waals surface area contributed by atoms with Gasteiger partial charge < -0.3 is 90.1 Å². The van der Waals surface area contributed by atoms with Gasteiger partial charge in [0.05, 0.1) is 32.0 Å². The maximum absolute atomic E-state index is 14.8. The SMILES string of the molecule is NCCCC[C@H](NC(=O)CNC(=O)[C@@H](N)Cc1c[nH]c2ccccc12)C(=O)N[C@@H](Cc1c[nH]c2ccccc12)C(=O)N[C@@H](Cc1ccc(O)cc1)C(=O)N[C@@H](CCCCN)C(=O)N[C@@H](CC(=O)O)C(=O)NCC(=O)N[C@@H](CC(=O)O)C(=O)O. The normalized spacial score (nSPS) is 13.6. The van der Waals surface area contributed by atoms with Gasteiger partial charge in [-0.1, -0.05) is 48.5 Å². The van der Waals surface area contributed by atoms with Crippen molar-refractivity contribution in [2.24, 2.45) is 17.2 Å². The minimum Gasteiger partial charge on any atom is -0.508 e. The summed E-state index contributed by atoms with van der Waals surface area (Å²) in [5, 5.41) is 59.1. The van der Waals surface area contributed by atoms with Crippen molar-refractivity contribution in [1.82, 2.24) is 52.5 Å². The Morgan fingerprint density at radius 1 is 0.458 bits per heavy atom. The largest absolute Gasteiger partial charge is 0.508 e. The molecule has 2 heterocycles. The van der Waals surface area contributed by atoms with Gasteiger partial charge in [0.15, 0.2) is 0 Å². The second-order valence-corrected chi connectivity index (χ2v) is 19.6. The number of carboxylic acids is 3. The number of H-pyrrole nitrogens is 2. The summed E-state index contributed by atoms with van der Waals surface area (Å²) in [5.74, 6) is -12.5. The molecule has 446 valence electrons. The topological polar surface area (TPSA) is 475 Å². The second kappa shape index (κ2) is 32.1. The molecule has 20 N–H and O–H groups in total. The molecule has 28 nitrogen and oxygen atoms in total. The first-order valence-electron chi connectivity index (χ1n) is 26.7. The molecule has 0 radical (unpaired) electrons. The fraction of sp³-hybridized carbons (Fsp3) is 0.400. The monoisotopic (exact) mass is 1150 g/mol. The average molecular weight is 1150 g/mol. The lowest BCUT2D eigenvalue weighted by atomic mass is 10.0. The van der Waals surface area contributed by atoms with Crippen LogP contribution in [0.4, 0.5) is 0 Å². The van der Waals surface area contributed by atoms with E-state index >= 15 is 0 Å². The standard InChI is InChI=1S/C55H71N13O15/c56-19-7-5-13-39(63-45(70)28-61-49(76)36(58)22-31-26-59-37-11-3-1-9-34(31)37)51(78)67-42(23-32-27-60-38-12-4-2-10-35(32)38)54(81)66-41(21-30-15-17-33(69)18-16-30)53(80)65-40(14-6-8-20-57)52(79)68-43(24-47(72)73)50(77)62-29-46(71)64-44(55(82)83)25-48(74)75/h1-4,9-12,15-18,26-27,36,39-44,59-60,69H,5-8,13-14,19-25,28-29,56-58H2,(H,61,76)(H,62,77)(H,63,70)(H,64,71)(H,65,80)(H,66,81)(H,67,78)(H,68,79)(H,72,73)(H,74,75)(H,82,83)/t36-,39-,40-,41-,42-,43-,44-/m0/s1. The van der Waals surface area contributed by atoms with Crippen molar-refractivity contribution < 1.29 is 73.2 Å². The number of para-hydroxylation sites is 2. The maximum atomic E-state index is 14.8. The molecule has 28 heteroatoms. The van der Waals surface area contributed by atoms with Crippen LogP contribution in [0.5, 0.6) is 5.75 Å². The molecule has 5 rings (SSSR count). The number of carbonyl (C=O) groups excluding carboxylic acids is 8. The van der Waals surface area contributed by atoms with Gasteiger partial charge in [-0.05, 0) is 99.0 Å². The average Bonchev–Trinajstić information content (AvgIpc) is 4.29. The zero-order chi connectivity index (χ0) is 60.6. The van der Waals surface area contributed by atoms with Gasteiger partial charge in [-0.2, -0.15) is 0 Å². The molecule has 0 unspecified atom stereocenters. The van der Waals surface area contributed by atoms with Gasteiger partial charge >= 0.3 is 17.9 Å². The molecule has 0 aliphatic carbocycles. The van der Waals surface area contributed by atoms with Crippen LogP contribution in [0.25, 0.3) is 21.8 Å². The third kappa shape index (κ3) is 20.6. The summed E-state index contributed by atoms with van der Waals surface area (Å²) in [6, 6.07) is 9.57. The highest BCUT2D eigenvalue weighted by atomic mass is 16.4. The molecule has 0 spiro atoms. The van der Waals surface area contributed by atoms with Crippen LogP contribution in [-0.2, 0) is 72.0 Å². The highest BCUT2D eigenvalue weighted by molar-refractivity contribution is 5.99. The van der Waals surface area contributed by atoms with Crippen LogP contribution < -0.4 is 59.7 Å². The fourth-order valence-corrected chi connectivity index (χ4v) is 8.89. The molecule has 8 amide bonds. The molecule has 0 saturated heterocycles. The Balaban J connectivity index is 1.37. The molecule has 5 aromatic rings. The summed E-state index contributed by atoms with van der Waals surface area (Å²) in [6.45, 7) is -1.10. The van der Waals surface area contributed by atoms with Crippen LogP contribution in [0.3, 0.4) is 0 Å². The fourth-order valence-electron chi connectivity index (χ4n) is 8.89. The summed E-state index contributed by atoms with van der Waals surface area (Å²) in [4.78, 5) is 151. The quantitative estimate of drug-likeness (QED) is 0.0198. The molecule has 0 fully saturated rings. The van der Waals surface area contributed by atoms with Crippen molar-refractivity contribution in [3.05, 3.63) is 102 Å². The summed E-state index contributed by atoms with van der Waals surface area (Å²) >= 11 is 0. The summed E-state index contributed by atoms with van der Waals surface area (Å²) in [6.07, 6.45) is 2.30. The van der Waals surface area contributed by atoms with E-state index in [4.69, 9.17) is 22.3 Å². The Morgan fingerprint density at radius 2 is 0.880 bits per heavy atom. The Morgan fingerprint density at radius 3 is 1.39 bits per heavy atom. The number of phenols is 1. The van der Waals surface area contributed by atoms with Gasteiger partial charge in [0, 0.05) is 47.0 Å². The number of phenolic OH excluding ortho intramolecular Hbond substituents is 1. The molecule has 2 aromatic heterocycles. The van der Waals surface area contributed by atoms with E-state index in [9.17, 15) is 68.1 Å². The number of carbonyl (C=O) groups is 11. The van der Waals surface area contributed by atoms with Gasteiger partial charge in [-0.15, -0.1) is 0 Å². The van der Waals surface area contributed by atoms with E-state index < -0.39 is 133 Å². The predicted molar refractivity (Wildman–Crippen MR) is 299 cm³/mol. The lowest BCUT2D eigenvalue weighted by Crippen LogP contribution is -2.60. The summed E-state index contributed by atoms with van der Waals surface area (Å²) in [7, 11) is 0. The first-order valence-corrected chi connectivity index (χ1v) is 26.7. The number of nitrogens with one attached hydrogen (secondary N) is 10. The molecular weight excluding hydrogens is 1080 g/mol. The van der Waals surface area contributed by atoms with Crippen molar-refractivity contribution in [3.8, 4) is 5.75 Å².